The van der Waals surface area contributed by atoms with Crippen molar-refractivity contribution in [3.05, 3.63) is 0 Å². The normalized spacial score (nSPS) is 0. The molecule has 0 fully saturated rings. The van der Waals surface area contributed by atoms with Gasteiger partial charge in [0.15, 0.2) is 0 Å². The Morgan fingerprint density at radius 1 is 1.00 bits per heavy atom. The molecule has 0 rings (SSSR count). The number of halogens is 2. The third kappa shape index (κ3) is 9.31. The van der Waals surface area contributed by atoms with Gasteiger partial charge in [0.2, 0.25) is 0 Å². The van der Waals surface area contributed by atoms with Crippen molar-refractivity contribution >= 4 is 37.7 Å². The molecule has 0 nitrogen and oxygen atoms in total. The smallest absolute Gasteiger partial charge is 1.00 e. The van der Waals surface area contributed by atoms with Crippen molar-refractivity contribution in [1.82, 2.24) is 0 Å². The molecule has 0 aromatic heterocycles. The molecule has 0 heterocycles. The van der Waals surface area contributed by atoms with Crippen LogP contribution in [0.15, 0.2) is 0 Å². The maximum Gasteiger partial charge on any atom is 2.00 e. The van der Waals surface area contributed by atoms with Crippen molar-refractivity contribution in [2.45, 2.75) is 0 Å². The summed E-state index contributed by atoms with van der Waals surface area (Å²) in [4.78, 5) is 0. The van der Waals surface area contributed by atoms with Gasteiger partial charge in [-0.25, -0.2) is 0 Å². The van der Waals surface area contributed by atoms with E-state index >= 15 is 0 Å². The van der Waals surface area contributed by atoms with E-state index < -0.39 is 0 Å². The molecular formula is HCaF2Li. The molecule has 0 unspecified atom stereocenters. The summed E-state index contributed by atoms with van der Waals surface area (Å²) in [6.07, 6.45) is 0. The maximum absolute atomic E-state index is 0. The van der Waals surface area contributed by atoms with Crippen molar-refractivity contribution in [3.8, 4) is 0 Å². The quantitative estimate of drug-likeness (QED) is 0.257. The van der Waals surface area contributed by atoms with E-state index in [4.69, 9.17) is 0 Å². The van der Waals surface area contributed by atoms with Gasteiger partial charge in [0.05, 0.1) is 0 Å². The van der Waals surface area contributed by atoms with Gasteiger partial charge in [0.1, 0.15) is 0 Å². The van der Waals surface area contributed by atoms with E-state index in [-0.39, 0.29) is 67.4 Å². The predicted octanol–water partition coefficient (Wildman–Crippen LogP) is -9.26. The summed E-state index contributed by atoms with van der Waals surface area (Å²) in [5, 5.41) is 0. The minimum Gasteiger partial charge on any atom is -1.00 e. The van der Waals surface area contributed by atoms with Crippen molar-refractivity contribution in [2.24, 2.45) is 0 Å². The van der Waals surface area contributed by atoms with Crippen LogP contribution in [-0.2, 0) is 0 Å². The topological polar surface area (TPSA) is 0 Å². The first-order valence-electron chi connectivity index (χ1n) is 0. The molecule has 0 aliphatic rings. The van der Waals surface area contributed by atoms with Gasteiger partial charge < -0.3 is 10.8 Å². The predicted molar refractivity (Wildman–Crippen MR) is 6.87 cm³/mol. The first-order chi connectivity index (χ1) is 0. The Balaban J connectivity index is 0. The molecule has 18 valence electrons. The van der Waals surface area contributed by atoms with Crippen LogP contribution in [0.4, 0.5) is 0 Å². The number of hydrogen-bond donors (Lipinski definition) is 0. The third-order valence-corrected chi connectivity index (χ3v) is 0. The van der Waals surface area contributed by atoms with Gasteiger partial charge in [-0.05, 0) is 0 Å². The van der Waals surface area contributed by atoms with E-state index in [9.17, 15) is 0 Å². The van der Waals surface area contributed by atoms with Gasteiger partial charge in [0.25, 0.3) is 0 Å². The molecule has 4 heavy (non-hydrogen) atoms. The van der Waals surface area contributed by atoms with Crippen LogP contribution in [-0.4, -0.2) is 37.7 Å². The number of rotatable bonds is 0. The van der Waals surface area contributed by atoms with Gasteiger partial charge in [-0.2, -0.15) is 0 Å². The maximum atomic E-state index is 0. The van der Waals surface area contributed by atoms with E-state index in [2.05, 4.69) is 0 Å². The van der Waals surface area contributed by atoms with Gasteiger partial charge in [0, 0.05) is 0 Å². The second kappa shape index (κ2) is 22.1. The first-order valence-corrected chi connectivity index (χ1v) is 0. The second-order valence-electron chi connectivity index (χ2n) is 0. The summed E-state index contributed by atoms with van der Waals surface area (Å²) in [6, 6.07) is 0. The second-order valence-corrected chi connectivity index (χ2v) is 0. The van der Waals surface area contributed by atoms with E-state index in [1.165, 1.54) is 0 Å². The molecule has 0 spiro atoms. The monoisotopic (exact) mass is 86.0 g/mol. The SMILES string of the molecule is [Ca+2].[F-].[F-].[H-].[Li+]. The van der Waals surface area contributed by atoms with E-state index in [0.29, 0.717) is 0 Å². The Labute approximate surface area is 66.7 Å². The molecule has 0 atom stereocenters. The largest absolute Gasteiger partial charge is 2.00 e. The molecule has 0 N–H and O–H groups in total. The molecule has 0 radical (unpaired) electrons. The van der Waals surface area contributed by atoms with Crippen molar-refractivity contribution in [1.29, 1.82) is 0 Å². The summed E-state index contributed by atoms with van der Waals surface area (Å²) in [5.41, 5.74) is 0. The molecular weight excluding hydrogens is 85.0 g/mol. The van der Waals surface area contributed by atoms with Crippen molar-refractivity contribution < 1.29 is 29.7 Å². The molecule has 0 amide bonds. The van der Waals surface area contributed by atoms with Crippen molar-refractivity contribution in [3.63, 3.8) is 0 Å². The Hall–Kier alpha value is 1.72. The molecule has 0 bridgehead atoms. The van der Waals surface area contributed by atoms with Gasteiger partial charge in [-0.3, -0.25) is 0 Å². The van der Waals surface area contributed by atoms with Crippen LogP contribution >= 0.6 is 0 Å². The van der Waals surface area contributed by atoms with Crippen LogP contribution in [0.5, 0.6) is 0 Å². The van der Waals surface area contributed by atoms with Crippen LogP contribution < -0.4 is 28.3 Å². The van der Waals surface area contributed by atoms with Crippen LogP contribution in [0.25, 0.3) is 0 Å². The summed E-state index contributed by atoms with van der Waals surface area (Å²) in [5.74, 6) is 0. The van der Waals surface area contributed by atoms with E-state index in [1.54, 1.807) is 0 Å². The molecule has 0 aromatic carbocycles. The van der Waals surface area contributed by atoms with Crippen LogP contribution in [0.2, 0.25) is 0 Å². The summed E-state index contributed by atoms with van der Waals surface area (Å²) < 4.78 is 0. The van der Waals surface area contributed by atoms with Crippen LogP contribution in [0, 0.1) is 0 Å². The Morgan fingerprint density at radius 3 is 1.00 bits per heavy atom. The van der Waals surface area contributed by atoms with Crippen LogP contribution in [0.1, 0.15) is 1.43 Å². The zero-order valence-electron chi connectivity index (χ0n) is 3.46. The van der Waals surface area contributed by atoms with Crippen molar-refractivity contribution in [2.75, 3.05) is 0 Å². The Morgan fingerprint density at radius 2 is 1.00 bits per heavy atom. The van der Waals surface area contributed by atoms with E-state index in [0.717, 1.165) is 0 Å². The zero-order chi connectivity index (χ0) is 0. The fourth-order valence-electron chi connectivity index (χ4n) is 0. The average molecular weight is 86.0 g/mol. The third-order valence-electron chi connectivity index (χ3n) is 0. The zero-order valence-corrected chi connectivity index (χ0v) is 4.67. The summed E-state index contributed by atoms with van der Waals surface area (Å²) in [6.45, 7) is 0. The average Bonchev–Trinajstić information content (AvgIpc) is 0. The first kappa shape index (κ1) is 43.1. The molecule has 0 aromatic rings. The summed E-state index contributed by atoms with van der Waals surface area (Å²) >= 11 is 0. The minimum absolute atomic E-state index is 0. The Bertz CT molecular complexity index is 9.61. The van der Waals surface area contributed by atoms with Crippen LogP contribution in [0.3, 0.4) is 0 Å². The van der Waals surface area contributed by atoms with Gasteiger partial charge >= 0.3 is 56.6 Å². The Kier molecular flexibility index (Phi) is 238. The molecule has 0 aliphatic carbocycles. The van der Waals surface area contributed by atoms with Gasteiger partial charge in [-0.1, -0.05) is 0 Å². The molecule has 4 heteroatoms. The number of hydrogen-bond acceptors (Lipinski definition) is 0. The fraction of sp³-hybridized carbons (Fsp3) is 0. The molecule has 0 aliphatic heterocycles. The molecule has 0 saturated heterocycles. The van der Waals surface area contributed by atoms with E-state index in [1.807, 2.05) is 0 Å². The standard InChI is InChI=1S/Ca.2FH.Li.H/h;2*1H;;/q+2;;;+1;-1/p-2. The summed E-state index contributed by atoms with van der Waals surface area (Å²) in [7, 11) is 0. The molecule has 0 saturated carbocycles. The fourth-order valence-corrected chi connectivity index (χ4v) is 0. The minimum atomic E-state index is 0. The van der Waals surface area contributed by atoms with Gasteiger partial charge in [-0.15, -0.1) is 0 Å².